The number of nitrogens with zero attached hydrogens (tertiary/aromatic N) is 1. The van der Waals surface area contributed by atoms with Crippen LogP contribution in [0.25, 0.3) is 10.9 Å². The van der Waals surface area contributed by atoms with Crippen molar-refractivity contribution in [3.8, 4) is 0 Å². The maximum atomic E-state index is 14.5. The molecule has 2 saturated heterocycles. The van der Waals surface area contributed by atoms with Crippen LogP contribution in [-0.2, 0) is 31.0 Å². The molecule has 4 N–H and O–H groups in total. The molecule has 3 fully saturated rings. The highest BCUT2D eigenvalue weighted by molar-refractivity contribution is 6.30. The zero-order valence-corrected chi connectivity index (χ0v) is 28.2. The normalized spacial score (nSPS) is 26.8. The van der Waals surface area contributed by atoms with Crippen LogP contribution in [0.2, 0.25) is 5.02 Å². The third kappa shape index (κ3) is 6.91. The molecule has 2 aromatic carbocycles. The van der Waals surface area contributed by atoms with Gasteiger partial charge >= 0.3 is 0 Å². The van der Waals surface area contributed by atoms with Crippen molar-refractivity contribution in [3.05, 3.63) is 70.9 Å². The average Bonchev–Trinajstić information content (AvgIpc) is 3.62. The van der Waals surface area contributed by atoms with Crippen molar-refractivity contribution in [1.82, 2.24) is 25.8 Å². The Morgan fingerprint density at radius 3 is 2.49 bits per heavy atom. The molecular weight excluding hydrogens is 614 g/mol. The van der Waals surface area contributed by atoms with E-state index < -0.39 is 23.5 Å². The fourth-order valence-electron chi connectivity index (χ4n) is 7.61. The van der Waals surface area contributed by atoms with Crippen LogP contribution in [0, 0.1) is 11.8 Å². The minimum atomic E-state index is -0.868. The lowest BCUT2D eigenvalue weighted by Crippen LogP contribution is -2.55. The van der Waals surface area contributed by atoms with Gasteiger partial charge in [0.15, 0.2) is 0 Å². The molecule has 4 amide bonds. The molecule has 1 saturated carbocycles. The number of carbonyl (C=O) groups excluding carboxylic acids is 4. The summed E-state index contributed by atoms with van der Waals surface area (Å²) in [5.41, 5.74) is 2.14. The maximum absolute atomic E-state index is 14.5. The van der Waals surface area contributed by atoms with E-state index in [-0.39, 0.29) is 54.5 Å². The predicted octanol–water partition coefficient (Wildman–Crippen LogP) is 5.02. The number of aromatic amines is 1. The van der Waals surface area contributed by atoms with E-state index in [0.717, 1.165) is 54.1 Å². The van der Waals surface area contributed by atoms with Crippen LogP contribution in [0.3, 0.4) is 0 Å². The number of aromatic nitrogens is 1. The van der Waals surface area contributed by atoms with E-state index >= 15 is 0 Å². The lowest BCUT2D eigenvalue weighted by atomic mass is 9.63. The zero-order chi connectivity index (χ0) is 33.3. The summed E-state index contributed by atoms with van der Waals surface area (Å²) < 4.78 is 0. The Morgan fingerprint density at radius 1 is 1.04 bits per heavy atom. The van der Waals surface area contributed by atoms with Crippen molar-refractivity contribution in [2.24, 2.45) is 11.8 Å². The van der Waals surface area contributed by atoms with Crippen LogP contribution in [-0.4, -0.2) is 64.2 Å². The molecule has 0 radical (unpaired) electrons. The number of carbonyl (C=O) groups is 4. The molecule has 0 bridgehead atoms. The molecule has 3 heterocycles. The minimum Gasteiger partial charge on any atom is -0.361 e. The number of H-pyrrole nitrogens is 1. The molecule has 250 valence electrons. The van der Waals surface area contributed by atoms with Gasteiger partial charge in [-0.15, -0.1) is 0 Å². The van der Waals surface area contributed by atoms with Gasteiger partial charge in [0.05, 0.1) is 5.41 Å². The molecule has 1 aromatic heterocycles. The molecule has 2 aliphatic heterocycles. The molecule has 3 aromatic rings. The van der Waals surface area contributed by atoms with Crippen molar-refractivity contribution in [2.45, 2.75) is 102 Å². The number of hydrogen-bond donors (Lipinski definition) is 4. The second-order valence-electron chi connectivity index (χ2n) is 14.3. The van der Waals surface area contributed by atoms with Crippen molar-refractivity contribution < 1.29 is 19.2 Å². The van der Waals surface area contributed by atoms with Gasteiger partial charge in [-0.1, -0.05) is 69.1 Å². The highest BCUT2D eigenvalue weighted by Gasteiger charge is 2.49. The Bertz CT molecular complexity index is 1630. The van der Waals surface area contributed by atoms with E-state index in [2.05, 4.69) is 34.8 Å². The zero-order valence-electron chi connectivity index (χ0n) is 27.5. The van der Waals surface area contributed by atoms with E-state index in [1.165, 1.54) is 0 Å². The van der Waals surface area contributed by atoms with E-state index in [1.807, 2.05) is 61.7 Å². The van der Waals surface area contributed by atoms with Crippen molar-refractivity contribution in [1.29, 1.82) is 0 Å². The SMILES string of the molecule is CC(C)[C@@H]1CC[C@@H](C)CC(=O)N[C@H](Cc2c[nH]c3ccccc23)C(=O)N2C[C@H](NC(=O)C3(c4ccc(Cl)cc4)CCC3)C[C@H]2C(=O)N1. The number of amides is 4. The number of para-hydroxylation sites is 1. The fourth-order valence-corrected chi connectivity index (χ4v) is 7.74. The monoisotopic (exact) mass is 659 g/mol. The van der Waals surface area contributed by atoms with Gasteiger partial charge in [-0.25, -0.2) is 0 Å². The standard InChI is InChI=1S/C37H46ClN5O4/c1-22(2)29-14-9-23(3)17-33(44)41-31(18-24-20-39-30-8-5-4-7-28(24)30)35(46)43-21-27(19-32(43)34(45)42-29)40-36(47)37(15-6-16-37)25-10-12-26(38)13-11-25/h4-5,7-8,10-13,20,22-23,27,29,31-32,39H,6,9,14-19,21H2,1-3H3,(H,40,47)(H,41,44)(H,42,45)/t23-,27-,29+,31-,32+/m1/s1. The van der Waals surface area contributed by atoms with Gasteiger partial charge in [0.25, 0.3) is 0 Å². The molecule has 6 rings (SSSR count). The topological polar surface area (TPSA) is 123 Å². The van der Waals surface area contributed by atoms with Crippen molar-refractivity contribution >= 4 is 46.1 Å². The summed E-state index contributed by atoms with van der Waals surface area (Å²) in [6, 6.07) is 13.2. The first-order valence-corrected chi connectivity index (χ1v) is 17.4. The smallest absolute Gasteiger partial charge is 0.246 e. The third-order valence-corrected chi connectivity index (χ3v) is 10.9. The average molecular weight is 660 g/mol. The van der Waals surface area contributed by atoms with E-state index in [1.54, 1.807) is 4.90 Å². The summed E-state index contributed by atoms with van der Waals surface area (Å²) in [7, 11) is 0. The van der Waals surface area contributed by atoms with Gasteiger partial charge in [0.2, 0.25) is 23.6 Å². The van der Waals surface area contributed by atoms with E-state index in [9.17, 15) is 19.2 Å². The van der Waals surface area contributed by atoms with Crippen molar-refractivity contribution in [2.75, 3.05) is 6.54 Å². The van der Waals surface area contributed by atoms with E-state index in [0.29, 0.717) is 17.9 Å². The van der Waals surface area contributed by atoms with E-state index in [4.69, 9.17) is 11.6 Å². The molecule has 47 heavy (non-hydrogen) atoms. The quantitative estimate of drug-likeness (QED) is 0.297. The molecule has 0 unspecified atom stereocenters. The van der Waals surface area contributed by atoms with Crippen LogP contribution >= 0.6 is 11.6 Å². The Hall–Kier alpha value is -3.85. The summed E-state index contributed by atoms with van der Waals surface area (Å²) >= 11 is 6.14. The second-order valence-corrected chi connectivity index (χ2v) is 14.7. The first kappa shape index (κ1) is 33.1. The summed E-state index contributed by atoms with van der Waals surface area (Å²) in [6.07, 6.45) is 6.67. The predicted molar refractivity (Wildman–Crippen MR) is 183 cm³/mol. The molecule has 5 atom stereocenters. The number of nitrogens with one attached hydrogen (secondary N) is 4. The van der Waals surface area contributed by atoms with Gasteiger partial charge in [-0.3, -0.25) is 19.2 Å². The van der Waals surface area contributed by atoms with Crippen LogP contribution in [0.1, 0.15) is 76.8 Å². The van der Waals surface area contributed by atoms with Gasteiger partial charge in [0, 0.05) is 53.6 Å². The summed E-state index contributed by atoms with van der Waals surface area (Å²) in [4.78, 5) is 60.7. The van der Waals surface area contributed by atoms with Gasteiger partial charge in [0.1, 0.15) is 12.1 Å². The highest BCUT2D eigenvalue weighted by Crippen LogP contribution is 2.44. The number of benzene rings is 2. The maximum Gasteiger partial charge on any atom is 0.246 e. The van der Waals surface area contributed by atoms with Gasteiger partial charge in [-0.2, -0.15) is 0 Å². The third-order valence-electron chi connectivity index (χ3n) is 10.6. The molecule has 0 spiro atoms. The van der Waals surface area contributed by atoms with Crippen LogP contribution < -0.4 is 16.0 Å². The lowest BCUT2D eigenvalue weighted by molar-refractivity contribution is -0.141. The number of fused-ring (bicyclic) bond motifs is 2. The highest BCUT2D eigenvalue weighted by atomic mass is 35.5. The second kappa shape index (κ2) is 13.7. The minimum absolute atomic E-state index is 0.0865. The van der Waals surface area contributed by atoms with Crippen molar-refractivity contribution in [3.63, 3.8) is 0 Å². The van der Waals surface area contributed by atoms with Crippen LogP contribution in [0.5, 0.6) is 0 Å². The molecule has 3 aliphatic rings. The largest absolute Gasteiger partial charge is 0.361 e. The summed E-state index contributed by atoms with van der Waals surface area (Å²) in [5, 5.41) is 11.1. The molecular formula is C37H46ClN5O4. The Morgan fingerprint density at radius 2 is 1.79 bits per heavy atom. The lowest BCUT2D eigenvalue weighted by Gasteiger charge is -2.41. The Labute approximate surface area is 281 Å². The van der Waals surface area contributed by atoms with Crippen LogP contribution in [0.4, 0.5) is 0 Å². The summed E-state index contributed by atoms with van der Waals surface area (Å²) in [6.45, 7) is 6.38. The Kier molecular flexibility index (Phi) is 9.65. The number of rotatable bonds is 6. The van der Waals surface area contributed by atoms with Gasteiger partial charge < -0.3 is 25.8 Å². The first-order chi connectivity index (χ1) is 22.5. The Balaban J connectivity index is 1.29. The van der Waals surface area contributed by atoms with Crippen LogP contribution in [0.15, 0.2) is 54.7 Å². The number of halogens is 1. The summed E-state index contributed by atoms with van der Waals surface area (Å²) in [5.74, 6) is -0.517. The fraction of sp³-hybridized carbons (Fsp3) is 0.514. The van der Waals surface area contributed by atoms with Gasteiger partial charge in [-0.05, 0) is 73.3 Å². The molecule has 9 nitrogen and oxygen atoms in total. The molecule has 10 heteroatoms. The first-order valence-electron chi connectivity index (χ1n) is 17.1. The molecule has 1 aliphatic carbocycles. The number of hydrogen-bond acceptors (Lipinski definition) is 4.